The van der Waals surface area contributed by atoms with Crippen LogP contribution in [-0.4, -0.2) is 41.1 Å². The molecule has 1 aromatic heterocycles. The molecule has 2 fully saturated rings. The Morgan fingerprint density at radius 3 is 3.05 bits per heavy atom. The van der Waals surface area contributed by atoms with Gasteiger partial charge < -0.3 is 14.7 Å². The molecule has 3 heterocycles. The Morgan fingerprint density at radius 2 is 2.30 bits per heavy atom. The van der Waals surface area contributed by atoms with Gasteiger partial charge in [-0.3, -0.25) is 4.79 Å². The van der Waals surface area contributed by atoms with Crippen molar-refractivity contribution in [2.24, 2.45) is 0 Å². The second-order valence-electron chi connectivity index (χ2n) is 6.30. The zero-order chi connectivity index (χ0) is 14.1. The number of amides is 1. The van der Waals surface area contributed by atoms with Crippen LogP contribution < -0.4 is 5.32 Å². The van der Waals surface area contributed by atoms with Crippen molar-refractivity contribution in [3.05, 3.63) is 17.5 Å². The van der Waals surface area contributed by atoms with E-state index in [1.165, 1.54) is 19.4 Å². The molecule has 0 saturated carbocycles. The molecular formula is C15H23N3O2. The number of nitrogens with zero attached hydrogens (tertiary/aromatic N) is 2. The van der Waals surface area contributed by atoms with Gasteiger partial charge in [0.25, 0.3) is 5.91 Å². The molecule has 2 aliphatic heterocycles. The summed E-state index contributed by atoms with van der Waals surface area (Å²) in [5, 5.41) is 6.98. The van der Waals surface area contributed by atoms with Crippen molar-refractivity contribution >= 4 is 5.91 Å². The quantitative estimate of drug-likeness (QED) is 0.919. The van der Waals surface area contributed by atoms with Crippen LogP contribution >= 0.6 is 0 Å². The van der Waals surface area contributed by atoms with Crippen LogP contribution in [0.3, 0.4) is 0 Å². The van der Waals surface area contributed by atoms with E-state index in [4.69, 9.17) is 4.52 Å². The van der Waals surface area contributed by atoms with E-state index in [-0.39, 0.29) is 17.9 Å². The lowest BCUT2D eigenvalue weighted by Crippen LogP contribution is -2.47. The topological polar surface area (TPSA) is 58.4 Å². The minimum absolute atomic E-state index is 0.0999. The third kappa shape index (κ3) is 2.73. The van der Waals surface area contributed by atoms with Gasteiger partial charge in [-0.05, 0) is 32.2 Å². The van der Waals surface area contributed by atoms with E-state index in [0.717, 1.165) is 25.1 Å². The predicted molar refractivity (Wildman–Crippen MR) is 75.7 cm³/mol. The molecule has 1 aromatic rings. The van der Waals surface area contributed by atoms with Crippen LogP contribution in [-0.2, 0) is 0 Å². The minimum Gasteiger partial charge on any atom is -0.360 e. The zero-order valence-electron chi connectivity index (χ0n) is 12.3. The number of carbonyl (C=O) groups excluding carboxylic acids is 1. The Morgan fingerprint density at radius 1 is 1.45 bits per heavy atom. The van der Waals surface area contributed by atoms with Crippen LogP contribution in [0.25, 0.3) is 0 Å². The summed E-state index contributed by atoms with van der Waals surface area (Å²) >= 11 is 0. The van der Waals surface area contributed by atoms with Gasteiger partial charge in [0.1, 0.15) is 5.76 Å². The van der Waals surface area contributed by atoms with Crippen molar-refractivity contribution in [1.82, 2.24) is 15.4 Å². The average Bonchev–Trinajstić information content (AvgIpc) is 3.07. The summed E-state index contributed by atoms with van der Waals surface area (Å²) in [6.45, 7) is 6.38. The van der Waals surface area contributed by atoms with Crippen LogP contribution in [0.5, 0.6) is 0 Å². The molecule has 0 aliphatic carbocycles. The molecule has 0 aromatic carbocycles. The van der Waals surface area contributed by atoms with Crippen molar-refractivity contribution in [2.45, 2.75) is 57.5 Å². The molecular weight excluding hydrogens is 254 g/mol. The molecule has 110 valence electrons. The smallest absolute Gasteiger partial charge is 0.273 e. The second-order valence-corrected chi connectivity index (χ2v) is 6.30. The van der Waals surface area contributed by atoms with E-state index in [2.05, 4.69) is 15.4 Å². The summed E-state index contributed by atoms with van der Waals surface area (Å²) in [7, 11) is 0. The summed E-state index contributed by atoms with van der Waals surface area (Å²) in [6, 6.07) is 2.70. The van der Waals surface area contributed by atoms with Gasteiger partial charge in [-0.25, -0.2) is 0 Å². The number of rotatable bonds is 3. The molecule has 1 N–H and O–H groups in total. The third-order valence-electron chi connectivity index (χ3n) is 4.49. The molecule has 0 radical (unpaired) electrons. The highest BCUT2D eigenvalue weighted by Gasteiger charge is 2.32. The van der Waals surface area contributed by atoms with Crippen LogP contribution in [0.1, 0.15) is 61.7 Å². The maximum absolute atomic E-state index is 12.2. The maximum Gasteiger partial charge on any atom is 0.273 e. The van der Waals surface area contributed by atoms with Crippen molar-refractivity contribution in [2.75, 3.05) is 13.1 Å². The van der Waals surface area contributed by atoms with Gasteiger partial charge >= 0.3 is 0 Å². The van der Waals surface area contributed by atoms with Crippen LogP contribution in [0.15, 0.2) is 10.6 Å². The van der Waals surface area contributed by atoms with Gasteiger partial charge in [-0.2, -0.15) is 0 Å². The van der Waals surface area contributed by atoms with E-state index in [9.17, 15) is 4.79 Å². The summed E-state index contributed by atoms with van der Waals surface area (Å²) in [6.07, 6.45) is 4.68. The fourth-order valence-corrected chi connectivity index (χ4v) is 3.28. The van der Waals surface area contributed by atoms with Gasteiger partial charge in [0, 0.05) is 30.6 Å². The van der Waals surface area contributed by atoms with Gasteiger partial charge in [0.2, 0.25) is 0 Å². The maximum atomic E-state index is 12.2. The predicted octanol–water partition coefficient (Wildman–Crippen LogP) is 2.15. The van der Waals surface area contributed by atoms with Crippen LogP contribution in [0.2, 0.25) is 0 Å². The number of nitrogens with one attached hydrogen (secondary N) is 1. The van der Waals surface area contributed by atoms with Crippen molar-refractivity contribution in [1.29, 1.82) is 0 Å². The fraction of sp³-hybridized carbons (Fsp3) is 0.733. The normalized spacial score (nSPS) is 26.8. The molecule has 3 rings (SSSR count). The summed E-state index contributed by atoms with van der Waals surface area (Å²) in [4.78, 5) is 14.7. The molecule has 0 bridgehead atoms. The Kier molecular flexibility index (Phi) is 3.78. The van der Waals surface area contributed by atoms with E-state index < -0.39 is 0 Å². The van der Waals surface area contributed by atoms with Crippen molar-refractivity contribution in [3.63, 3.8) is 0 Å². The van der Waals surface area contributed by atoms with Gasteiger partial charge in [0.05, 0.1) is 0 Å². The number of fused-ring (bicyclic) bond motifs is 1. The molecule has 20 heavy (non-hydrogen) atoms. The standard InChI is InChI=1S/C15H23N3O2/c1-10(2)14-9-13(17-20-14)15(19)16-11-5-7-18-6-3-4-12(18)8-11/h9-12H,3-8H2,1-2H3,(H,16,19)/t11-,12+/m0/s1. The SMILES string of the molecule is CC(C)c1cc(C(=O)N[C@H]2CCN3CCC[C@@H]3C2)no1. The summed E-state index contributed by atoms with van der Waals surface area (Å²) < 4.78 is 5.19. The lowest BCUT2D eigenvalue weighted by molar-refractivity contribution is 0.0887. The molecule has 5 nitrogen and oxygen atoms in total. The van der Waals surface area contributed by atoms with Gasteiger partial charge in [-0.15, -0.1) is 0 Å². The lowest BCUT2D eigenvalue weighted by atomic mass is 9.97. The average molecular weight is 277 g/mol. The minimum atomic E-state index is -0.0999. The first-order valence-electron chi connectivity index (χ1n) is 7.65. The lowest BCUT2D eigenvalue weighted by Gasteiger charge is -2.34. The number of hydrogen-bond acceptors (Lipinski definition) is 4. The van der Waals surface area contributed by atoms with Gasteiger partial charge in [-0.1, -0.05) is 19.0 Å². The zero-order valence-corrected chi connectivity index (χ0v) is 12.3. The van der Waals surface area contributed by atoms with Crippen molar-refractivity contribution in [3.8, 4) is 0 Å². The Balaban J connectivity index is 1.58. The third-order valence-corrected chi connectivity index (χ3v) is 4.49. The highest BCUT2D eigenvalue weighted by atomic mass is 16.5. The highest BCUT2D eigenvalue weighted by Crippen LogP contribution is 2.27. The van der Waals surface area contributed by atoms with E-state index in [0.29, 0.717) is 11.7 Å². The number of aromatic nitrogens is 1. The number of hydrogen-bond donors (Lipinski definition) is 1. The number of piperidine rings is 1. The Hall–Kier alpha value is -1.36. The van der Waals surface area contributed by atoms with Crippen LogP contribution in [0, 0.1) is 0 Å². The van der Waals surface area contributed by atoms with Crippen molar-refractivity contribution < 1.29 is 9.32 Å². The summed E-state index contributed by atoms with van der Waals surface area (Å²) in [5.41, 5.74) is 0.405. The van der Waals surface area contributed by atoms with E-state index >= 15 is 0 Å². The first-order chi connectivity index (χ1) is 9.63. The first-order valence-corrected chi connectivity index (χ1v) is 7.65. The molecule has 1 amide bonds. The molecule has 2 atom stereocenters. The second kappa shape index (κ2) is 5.56. The molecule has 5 heteroatoms. The van der Waals surface area contributed by atoms with Gasteiger partial charge in [0.15, 0.2) is 5.69 Å². The first kappa shape index (κ1) is 13.6. The highest BCUT2D eigenvalue weighted by molar-refractivity contribution is 5.92. The monoisotopic (exact) mass is 277 g/mol. The largest absolute Gasteiger partial charge is 0.360 e. The molecule has 0 unspecified atom stereocenters. The fourth-order valence-electron chi connectivity index (χ4n) is 3.28. The molecule has 2 saturated heterocycles. The van der Waals surface area contributed by atoms with Crippen LogP contribution in [0.4, 0.5) is 0 Å². The Labute approximate surface area is 119 Å². The Bertz CT molecular complexity index is 483. The molecule has 0 spiro atoms. The summed E-state index contributed by atoms with van der Waals surface area (Å²) in [5.74, 6) is 0.920. The van der Waals surface area contributed by atoms with E-state index in [1.807, 2.05) is 13.8 Å². The van der Waals surface area contributed by atoms with E-state index in [1.54, 1.807) is 6.07 Å². The number of carbonyl (C=O) groups is 1. The molecule has 2 aliphatic rings.